The molecular formula is C10H9N3O2. The van der Waals surface area contributed by atoms with E-state index in [9.17, 15) is 4.79 Å². The summed E-state index contributed by atoms with van der Waals surface area (Å²) in [5.74, 6) is 0.115. The number of primary amides is 1. The summed E-state index contributed by atoms with van der Waals surface area (Å²) in [6, 6.07) is 6.93. The number of fused-ring (bicyclic) bond motifs is 1. The minimum atomic E-state index is -0.583. The van der Waals surface area contributed by atoms with Crippen LogP contribution < -0.4 is 10.5 Å². The number of amides is 1. The average Bonchev–Trinajstić information content (AvgIpc) is 2.27. The first-order chi connectivity index (χ1) is 7.20. The first-order valence-electron chi connectivity index (χ1n) is 4.32. The molecule has 0 radical (unpaired) electrons. The van der Waals surface area contributed by atoms with Gasteiger partial charge < -0.3 is 10.5 Å². The smallest absolute Gasteiger partial charge is 0.269 e. The third kappa shape index (κ3) is 1.71. The summed E-state index contributed by atoms with van der Waals surface area (Å²) in [6.07, 6.45) is 0. The van der Waals surface area contributed by atoms with E-state index in [1.165, 1.54) is 0 Å². The summed E-state index contributed by atoms with van der Waals surface area (Å²) >= 11 is 0. The van der Waals surface area contributed by atoms with Crippen molar-refractivity contribution in [2.24, 2.45) is 5.73 Å². The van der Waals surface area contributed by atoms with Crippen LogP contribution >= 0.6 is 0 Å². The summed E-state index contributed by atoms with van der Waals surface area (Å²) in [5.41, 5.74) is 5.92. The fourth-order valence-electron chi connectivity index (χ4n) is 1.26. The highest BCUT2D eigenvalue weighted by Crippen LogP contribution is 2.18. The van der Waals surface area contributed by atoms with Crippen molar-refractivity contribution in [2.75, 3.05) is 7.11 Å². The van der Waals surface area contributed by atoms with Crippen LogP contribution in [-0.2, 0) is 0 Å². The van der Waals surface area contributed by atoms with Crippen LogP contribution in [-0.4, -0.2) is 23.2 Å². The van der Waals surface area contributed by atoms with Crippen molar-refractivity contribution in [3.05, 3.63) is 30.0 Å². The van der Waals surface area contributed by atoms with Gasteiger partial charge in [-0.1, -0.05) is 0 Å². The third-order valence-electron chi connectivity index (χ3n) is 2.05. The second-order valence-corrected chi connectivity index (χ2v) is 3.02. The van der Waals surface area contributed by atoms with Gasteiger partial charge in [0.1, 0.15) is 5.75 Å². The van der Waals surface area contributed by atoms with E-state index in [4.69, 9.17) is 10.5 Å². The zero-order valence-corrected chi connectivity index (χ0v) is 8.10. The number of carbonyl (C=O) groups excluding carboxylic acids is 1. The molecule has 0 fully saturated rings. The van der Waals surface area contributed by atoms with Gasteiger partial charge in [-0.3, -0.25) is 4.79 Å². The minimum Gasteiger partial charge on any atom is -0.497 e. The highest BCUT2D eigenvalue weighted by molar-refractivity contribution is 5.94. The molecule has 5 nitrogen and oxygen atoms in total. The molecule has 0 bridgehead atoms. The molecule has 2 rings (SSSR count). The third-order valence-corrected chi connectivity index (χ3v) is 2.05. The van der Waals surface area contributed by atoms with E-state index in [0.29, 0.717) is 11.3 Å². The number of benzene rings is 1. The summed E-state index contributed by atoms with van der Waals surface area (Å²) in [4.78, 5) is 10.9. The number of nitrogens with zero attached hydrogens (tertiary/aromatic N) is 2. The molecule has 0 spiro atoms. The monoisotopic (exact) mass is 203 g/mol. The van der Waals surface area contributed by atoms with Crippen LogP contribution in [0.25, 0.3) is 10.9 Å². The maximum Gasteiger partial charge on any atom is 0.269 e. The molecule has 1 amide bonds. The molecule has 1 aromatic heterocycles. The molecule has 15 heavy (non-hydrogen) atoms. The lowest BCUT2D eigenvalue weighted by molar-refractivity contribution is 0.0995. The second kappa shape index (κ2) is 3.53. The molecular weight excluding hydrogens is 194 g/mol. The molecule has 0 saturated heterocycles. The van der Waals surface area contributed by atoms with Crippen LogP contribution in [0.5, 0.6) is 5.75 Å². The molecule has 0 aliphatic heterocycles. The van der Waals surface area contributed by atoms with Gasteiger partial charge in [0.2, 0.25) is 0 Å². The Morgan fingerprint density at radius 3 is 2.80 bits per heavy atom. The Labute approximate surface area is 85.9 Å². The highest BCUT2D eigenvalue weighted by atomic mass is 16.5. The number of nitrogens with two attached hydrogens (primary N) is 1. The van der Waals surface area contributed by atoms with Gasteiger partial charge in [0.15, 0.2) is 5.69 Å². The molecule has 76 valence electrons. The Hall–Kier alpha value is -2.17. The predicted octanol–water partition coefficient (Wildman–Crippen LogP) is 0.737. The van der Waals surface area contributed by atoms with Gasteiger partial charge in [-0.05, 0) is 18.2 Å². The van der Waals surface area contributed by atoms with E-state index in [-0.39, 0.29) is 5.69 Å². The molecule has 0 unspecified atom stereocenters. The van der Waals surface area contributed by atoms with Crippen LogP contribution in [0.2, 0.25) is 0 Å². The largest absolute Gasteiger partial charge is 0.497 e. The van der Waals surface area contributed by atoms with Gasteiger partial charge in [-0.25, -0.2) is 0 Å². The normalized spacial score (nSPS) is 10.2. The van der Waals surface area contributed by atoms with Gasteiger partial charge >= 0.3 is 0 Å². The minimum absolute atomic E-state index is 0.160. The number of ether oxygens (including phenoxy) is 1. The van der Waals surface area contributed by atoms with Crippen molar-refractivity contribution in [3.8, 4) is 5.75 Å². The predicted molar refractivity (Wildman–Crippen MR) is 54.6 cm³/mol. The van der Waals surface area contributed by atoms with Crippen molar-refractivity contribution in [1.29, 1.82) is 0 Å². The highest BCUT2D eigenvalue weighted by Gasteiger charge is 2.05. The Balaban J connectivity index is 2.59. The zero-order chi connectivity index (χ0) is 10.8. The quantitative estimate of drug-likeness (QED) is 0.780. The van der Waals surface area contributed by atoms with Crippen LogP contribution in [0.4, 0.5) is 0 Å². The Kier molecular flexibility index (Phi) is 2.21. The number of hydrogen-bond donors (Lipinski definition) is 1. The van der Waals surface area contributed by atoms with Crippen LogP contribution in [0.1, 0.15) is 10.5 Å². The summed E-state index contributed by atoms with van der Waals surface area (Å²) in [6.45, 7) is 0. The van der Waals surface area contributed by atoms with Gasteiger partial charge in [0, 0.05) is 11.5 Å². The fraction of sp³-hybridized carbons (Fsp3) is 0.100. The van der Waals surface area contributed by atoms with Crippen LogP contribution in [0.15, 0.2) is 24.3 Å². The molecule has 0 atom stereocenters. The van der Waals surface area contributed by atoms with E-state index in [1.807, 2.05) is 0 Å². The van der Waals surface area contributed by atoms with Crippen LogP contribution in [0, 0.1) is 0 Å². The molecule has 0 aliphatic rings. The molecule has 1 heterocycles. The lowest BCUT2D eigenvalue weighted by atomic mass is 10.2. The summed E-state index contributed by atoms with van der Waals surface area (Å²) < 4.78 is 5.04. The van der Waals surface area contributed by atoms with E-state index in [0.717, 1.165) is 5.39 Å². The summed E-state index contributed by atoms with van der Waals surface area (Å²) in [7, 11) is 1.58. The molecule has 5 heteroatoms. The molecule has 1 aromatic carbocycles. The van der Waals surface area contributed by atoms with Crippen molar-refractivity contribution in [1.82, 2.24) is 10.2 Å². The van der Waals surface area contributed by atoms with E-state index in [2.05, 4.69) is 10.2 Å². The van der Waals surface area contributed by atoms with Gasteiger partial charge in [0.25, 0.3) is 5.91 Å². The molecule has 2 N–H and O–H groups in total. The standard InChI is InChI=1S/C10H9N3O2/c1-15-7-3-2-6-4-9(10(11)14)13-12-8(6)5-7/h2-5H,1H3,(H2,11,14). The SMILES string of the molecule is COc1ccc2cc(C(N)=O)nnc2c1. The van der Waals surface area contributed by atoms with E-state index >= 15 is 0 Å². The topological polar surface area (TPSA) is 78.1 Å². The van der Waals surface area contributed by atoms with Crippen molar-refractivity contribution < 1.29 is 9.53 Å². The second-order valence-electron chi connectivity index (χ2n) is 3.02. The number of aromatic nitrogens is 2. The molecule has 0 saturated carbocycles. The first kappa shape index (κ1) is 9.39. The van der Waals surface area contributed by atoms with Crippen LogP contribution in [0.3, 0.4) is 0 Å². The van der Waals surface area contributed by atoms with Crippen molar-refractivity contribution in [3.63, 3.8) is 0 Å². The summed E-state index contributed by atoms with van der Waals surface area (Å²) in [5, 5.41) is 8.39. The van der Waals surface area contributed by atoms with Crippen molar-refractivity contribution in [2.45, 2.75) is 0 Å². The van der Waals surface area contributed by atoms with Gasteiger partial charge in [0.05, 0.1) is 12.6 Å². The average molecular weight is 203 g/mol. The van der Waals surface area contributed by atoms with Crippen molar-refractivity contribution >= 4 is 16.8 Å². The van der Waals surface area contributed by atoms with Gasteiger partial charge in [-0.2, -0.15) is 0 Å². The van der Waals surface area contributed by atoms with Gasteiger partial charge in [-0.15, -0.1) is 10.2 Å². The number of carbonyl (C=O) groups is 1. The lowest BCUT2D eigenvalue weighted by Gasteiger charge is -2.01. The van der Waals surface area contributed by atoms with E-state index < -0.39 is 5.91 Å². The number of hydrogen-bond acceptors (Lipinski definition) is 4. The Bertz CT molecular complexity index is 525. The zero-order valence-electron chi connectivity index (χ0n) is 8.10. The fourth-order valence-corrected chi connectivity index (χ4v) is 1.26. The number of rotatable bonds is 2. The number of methoxy groups -OCH3 is 1. The molecule has 2 aromatic rings. The molecule has 0 aliphatic carbocycles. The maximum atomic E-state index is 10.9. The Morgan fingerprint density at radius 1 is 1.33 bits per heavy atom. The Morgan fingerprint density at radius 2 is 2.13 bits per heavy atom. The maximum absolute atomic E-state index is 10.9. The van der Waals surface area contributed by atoms with E-state index in [1.54, 1.807) is 31.4 Å². The first-order valence-corrected chi connectivity index (χ1v) is 4.32. The lowest BCUT2D eigenvalue weighted by Crippen LogP contribution is -2.13.